The summed E-state index contributed by atoms with van der Waals surface area (Å²) in [7, 11) is 0. The fourth-order valence-electron chi connectivity index (χ4n) is 3.08. The van der Waals surface area contributed by atoms with Crippen LogP contribution in [0.1, 0.15) is 48.9 Å². The fourth-order valence-corrected chi connectivity index (χ4v) is 4.03. The zero-order valence-electron chi connectivity index (χ0n) is 13.0. The standard InChI is InChI=1S/C16H26N2O2S/c1-12-15(20)14(13(10-19)8-18-12)9-17-11-16(21-2)6-4-3-5-7-16/h8,17,19-20H,3-7,9-11H2,1-2H3. The summed E-state index contributed by atoms with van der Waals surface area (Å²) in [6.07, 6.45) is 10.3. The van der Waals surface area contributed by atoms with E-state index in [2.05, 4.69) is 16.6 Å². The van der Waals surface area contributed by atoms with Gasteiger partial charge >= 0.3 is 0 Å². The van der Waals surface area contributed by atoms with E-state index in [9.17, 15) is 10.2 Å². The van der Waals surface area contributed by atoms with Gasteiger partial charge in [-0.25, -0.2) is 0 Å². The molecule has 0 unspecified atom stereocenters. The number of nitrogens with one attached hydrogen (secondary N) is 1. The van der Waals surface area contributed by atoms with Crippen molar-refractivity contribution in [2.75, 3.05) is 12.8 Å². The molecule has 2 rings (SSSR count). The smallest absolute Gasteiger partial charge is 0.141 e. The molecule has 5 heteroatoms. The van der Waals surface area contributed by atoms with Gasteiger partial charge in [-0.05, 0) is 26.0 Å². The SMILES string of the molecule is CSC1(CNCc2c(CO)cnc(C)c2O)CCCCC1. The molecule has 3 N–H and O–H groups in total. The van der Waals surface area contributed by atoms with Crippen molar-refractivity contribution in [1.82, 2.24) is 10.3 Å². The maximum Gasteiger partial charge on any atom is 0.141 e. The summed E-state index contributed by atoms with van der Waals surface area (Å²) in [6, 6.07) is 0. The Morgan fingerprint density at radius 1 is 1.33 bits per heavy atom. The molecule has 0 aliphatic heterocycles. The van der Waals surface area contributed by atoms with Crippen LogP contribution in [0.4, 0.5) is 0 Å². The molecule has 1 aliphatic rings. The molecule has 0 bridgehead atoms. The van der Waals surface area contributed by atoms with Crippen LogP contribution in [0.2, 0.25) is 0 Å². The minimum atomic E-state index is -0.0917. The van der Waals surface area contributed by atoms with E-state index in [4.69, 9.17) is 0 Å². The van der Waals surface area contributed by atoms with Gasteiger partial charge in [0.25, 0.3) is 0 Å². The summed E-state index contributed by atoms with van der Waals surface area (Å²) in [5.41, 5.74) is 2.09. The molecule has 1 saturated carbocycles. The van der Waals surface area contributed by atoms with Gasteiger partial charge in [-0.3, -0.25) is 4.98 Å². The second kappa shape index (κ2) is 7.47. The Balaban J connectivity index is 2.01. The van der Waals surface area contributed by atoms with Gasteiger partial charge in [0.05, 0.1) is 12.3 Å². The predicted molar refractivity (Wildman–Crippen MR) is 87.6 cm³/mol. The number of rotatable bonds is 6. The number of nitrogens with zero attached hydrogens (tertiary/aromatic N) is 1. The van der Waals surface area contributed by atoms with Crippen molar-refractivity contribution in [3.05, 3.63) is 23.0 Å². The van der Waals surface area contributed by atoms with Crippen molar-refractivity contribution >= 4 is 11.8 Å². The predicted octanol–water partition coefficient (Wildman–Crippen LogP) is 2.74. The Morgan fingerprint density at radius 2 is 2.05 bits per heavy atom. The van der Waals surface area contributed by atoms with Crippen LogP contribution in [0.5, 0.6) is 5.75 Å². The van der Waals surface area contributed by atoms with Gasteiger partial charge in [0, 0.05) is 35.2 Å². The van der Waals surface area contributed by atoms with Crippen LogP contribution in [0.3, 0.4) is 0 Å². The third-order valence-electron chi connectivity index (χ3n) is 4.55. The van der Waals surface area contributed by atoms with Gasteiger partial charge < -0.3 is 15.5 Å². The molecule has 118 valence electrons. The molecule has 1 aromatic heterocycles. The lowest BCUT2D eigenvalue weighted by atomic mass is 9.88. The van der Waals surface area contributed by atoms with E-state index >= 15 is 0 Å². The molecular weight excluding hydrogens is 284 g/mol. The van der Waals surface area contributed by atoms with Crippen LogP contribution in [0.25, 0.3) is 0 Å². The van der Waals surface area contributed by atoms with E-state index in [0.29, 0.717) is 22.5 Å². The topological polar surface area (TPSA) is 65.4 Å². The molecule has 0 saturated heterocycles. The Hall–Kier alpha value is -0.780. The van der Waals surface area contributed by atoms with Crippen LogP contribution in [-0.4, -0.2) is 32.7 Å². The van der Waals surface area contributed by atoms with Gasteiger partial charge in [0.2, 0.25) is 0 Å². The zero-order chi connectivity index (χ0) is 15.3. The van der Waals surface area contributed by atoms with E-state index in [1.54, 1.807) is 13.1 Å². The number of aromatic nitrogens is 1. The third kappa shape index (κ3) is 3.90. The molecule has 21 heavy (non-hydrogen) atoms. The van der Waals surface area contributed by atoms with Crippen molar-refractivity contribution in [1.29, 1.82) is 0 Å². The number of thioether (sulfide) groups is 1. The molecule has 1 aromatic rings. The molecule has 1 heterocycles. The van der Waals surface area contributed by atoms with E-state index in [-0.39, 0.29) is 12.4 Å². The summed E-state index contributed by atoms with van der Waals surface area (Å²) in [5.74, 6) is 0.205. The first-order chi connectivity index (χ1) is 10.1. The highest BCUT2D eigenvalue weighted by molar-refractivity contribution is 8.00. The van der Waals surface area contributed by atoms with Gasteiger partial charge in [-0.2, -0.15) is 11.8 Å². The van der Waals surface area contributed by atoms with Gasteiger partial charge in [0.15, 0.2) is 0 Å². The monoisotopic (exact) mass is 310 g/mol. The zero-order valence-corrected chi connectivity index (χ0v) is 13.8. The first kappa shape index (κ1) is 16.6. The van der Waals surface area contributed by atoms with Gasteiger partial charge in [0.1, 0.15) is 5.75 Å². The molecule has 1 aliphatic carbocycles. The molecular formula is C16H26N2O2S. The minimum absolute atomic E-state index is 0.0917. The van der Waals surface area contributed by atoms with E-state index < -0.39 is 0 Å². The Labute approximate surface area is 131 Å². The minimum Gasteiger partial charge on any atom is -0.506 e. The summed E-state index contributed by atoms with van der Waals surface area (Å²) >= 11 is 1.96. The number of aryl methyl sites for hydroxylation is 1. The van der Waals surface area contributed by atoms with Gasteiger partial charge in [-0.15, -0.1) is 0 Å². The average Bonchev–Trinajstić information content (AvgIpc) is 2.52. The quantitative estimate of drug-likeness (QED) is 0.754. The molecule has 0 atom stereocenters. The Morgan fingerprint density at radius 3 is 2.67 bits per heavy atom. The Kier molecular flexibility index (Phi) is 5.90. The maximum absolute atomic E-state index is 10.1. The van der Waals surface area contributed by atoms with Crippen molar-refractivity contribution < 1.29 is 10.2 Å². The largest absolute Gasteiger partial charge is 0.506 e. The highest BCUT2D eigenvalue weighted by Gasteiger charge is 2.30. The number of hydrogen-bond acceptors (Lipinski definition) is 5. The molecule has 0 radical (unpaired) electrons. The summed E-state index contributed by atoms with van der Waals surface area (Å²) < 4.78 is 0.329. The van der Waals surface area contributed by atoms with Crippen LogP contribution >= 0.6 is 11.8 Å². The van der Waals surface area contributed by atoms with E-state index in [1.165, 1.54) is 32.1 Å². The summed E-state index contributed by atoms with van der Waals surface area (Å²) in [5, 5.41) is 23.0. The van der Waals surface area contributed by atoms with E-state index in [1.807, 2.05) is 11.8 Å². The third-order valence-corrected chi connectivity index (χ3v) is 5.97. The summed E-state index contributed by atoms with van der Waals surface area (Å²) in [6.45, 7) is 3.21. The second-order valence-electron chi connectivity index (χ2n) is 5.91. The lowest BCUT2D eigenvalue weighted by Gasteiger charge is -2.36. The highest BCUT2D eigenvalue weighted by atomic mass is 32.2. The number of hydrogen-bond donors (Lipinski definition) is 3. The normalized spacial score (nSPS) is 17.9. The van der Waals surface area contributed by atoms with Crippen molar-refractivity contribution in [2.24, 2.45) is 0 Å². The fraction of sp³-hybridized carbons (Fsp3) is 0.688. The number of aromatic hydroxyl groups is 1. The molecule has 0 spiro atoms. The van der Waals surface area contributed by atoms with E-state index in [0.717, 1.165) is 12.1 Å². The lowest BCUT2D eigenvalue weighted by Crippen LogP contribution is -2.39. The second-order valence-corrected chi connectivity index (χ2v) is 7.18. The van der Waals surface area contributed by atoms with Gasteiger partial charge in [-0.1, -0.05) is 19.3 Å². The molecule has 0 amide bonds. The number of pyridine rings is 1. The first-order valence-electron chi connectivity index (χ1n) is 7.65. The van der Waals surface area contributed by atoms with Crippen LogP contribution < -0.4 is 5.32 Å². The van der Waals surface area contributed by atoms with Crippen LogP contribution in [-0.2, 0) is 13.2 Å². The molecule has 0 aromatic carbocycles. The number of aliphatic hydroxyl groups is 1. The lowest BCUT2D eigenvalue weighted by molar-refractivity contribution is 0.278. The first-order valence-corrected chi connectivity index (χ1v) is 8.87. The average molecular weight is 310 g/mol. The molecule has 4 nitrogen and oxygen atoms in total. The number of aliphatic hydroxyl groups excluding tert-OH is 1. The van der Waals surface area contributed by atoms with Crippen molar-refractivity contribution in [3.8, 4) is 5.75 Å². The van der Waals surface area contributed by atoms with Crippen LogP contribution in [0, 0.1) is 6.92 Å². The summed E-state index contributed by atoms with van der Waals surface area (Å²) in [4.78, 5) is 4.10. The van der Waals surface area contributed by atoms with Crippen molar-refractivity contribution in [2.45, 2.75) is 56.9 Å². The highest BCUT2D eigenvalue weighted by Crippen LogP contribution is 2.38. The van der Waals surface area contributed by atoms with Crippen LogP contribution in [0.15, 0.2) is 6.20 Å². The Bertz CT molecular complexity index is 474. The van der Waals surface area contributed by atoms with Crippen molar-refractivity contribution in [3.63, 3.8) is 0 Å². The maximum atomic E-state index is 10.1. The molecule has 1 fully saturated rings.